The highest BCUT2D eigenvalue weighted by molar-refractivity contribution is 5.99. The molecule has 0 radical (unpaired) electrons. The number of carboxylic acid groups (broad SMARTS) is 1. The Bertz CT molecular complexity index is 609. The average molecular weight is 305 g/mol. The lowest BCUT2D eigenvalue weighted by Crippen LogP contribution is -2.32. The number of amides is 1. The van der Waals surface area contributed by atoms with Gasteiger partial charge in [0.2, 0.25) is 0 Å². The molecule has 0 aliphatic carbocycles. The van der Waals surface area contributed by atoms with Crippen molar-refractivity contribution in [2.24, 2.45) is 5.92 Å². The number of benzene rings is 1. The van der Waals surface area contributed by atoms with E-state index >= 15 is 0 Å². The van der Waals surface area contributed by atoms with Gasteiger partial charge in [-0.05, 0) is 18.1 Å². The zero-order valence-electron chi connectivity index (χ0n) is 12.6. The first kappa shape index (κ1) is 15.9. The maximum absolute atomic E-state index is 12.1. The van der Waals surface area contributed by atoms with Gasteiger partial charge in [0.05, 0.1) is 12.7 Å². The second kappa shape index (κ2) is 6.98. The molecule has 1 aromatic carbocycles. The molecule has 2 rings (SSSR count). The smallest absolute Gasteiger partial charge is 0.303 e. The second-order valence-corrected chi connectivity index (χ2v) is 5.25. The van der Waals surface area contributed by atoms with Crippen LogP contribution in [-0.2, 0) is 9.59 Å². The molecule has 0 saturated carbocycles. The minimum Gasteiger partial charge on any atom is -0.493 e. The number of carboxylic acids is 1. The van der Waals surface area contributed by atoms with E-state index in [0.29, 0.717) is 23.6 Å². The van der Waals surface area contributed by atoms with Crippen LogP contribution in [0.25, 0.3) is 6.08 Å². The third-order valence-electron chi connectivity index (χ3n) is 3.36. The van der Waals surface area contributed by atoms with Gasteiger partial charge in [-0.1, -0.05) is 19.1 Å². The van der Waals surface area contributed by atoms with Gasteiger partial charge < -0.3 is 19.9 Å². The largest absolute Gasteiger partial charge is 0.493 e. The molecular formula is C16H19NO5. The van der Waals surface area contributed by atoms with E-state index in [9.17, 15) is 9.59 Å². The highest BCUT2D eigenvalue weighted by Gasteiger charge is 2.20. The molecule has 1 unspecified atom stereocenters. The fourth-order valence-corrected chi connectivity index (χ4v) is 2.22. The van der Waals surface area contributed by atoms with E-state index in [4.69, 9.17) is 14.6 Å². The predicted octanol–water partition coefficient (Wildman–Crippen LogP) is 1.70. The Morgan fingerprint density at radius 3 is 2.91 bits per heavy atom. The van der Waals surface area contributed by atoms with Gasteiger partial charge in [-0.25, -0.2) is 0 Å². The number of rotatable bonds is 6. The Balaban J connectivity index is 2.02. The summed E-state index contributed by atoms with van der Waals surface area (Å²) in [5.74, 6) is 0.0109. The van der Waals surface area contributed by atoms with Crippen molar-refractivity contribution >= 4 is 18.0 Å². The molecule has 1 atom stereocenters. The van der Waals surface area contributed by atoms with Crippen molar-refractivity contribution in [2.75, 3.05) is 20.3 Å². The third kappa shape index (κ3) is 3.78. The molecule has 118 valence electrons. The van der Waals surface area contributed by atoms with Crippen molar-refractivity contribution in [1.82, 2.24) is 5.32 Å². The maximum Gasteiger partial charge on any atom is 0.303 e. The lowest BCUT2D eigenvalue weighted by atomic mass is 10.1. The number of aliphatic carboxylic acids is 1. The van der Waals surface area contributed by atoms with E-state index in [-0.39, 0.29) is 24.9 Å². The normalized spacial score (nSPS) is 14.2. The minimum atomic E-state index is -0.872. The molecule has 2 N–H and O–H groups in total. The van der Waals surface area contributed by atoms with Gasteiger partial charge in [0.1, 0.15) is 6.61 Å². The SMILES string of the molecule is COc1cccc2c1OCC(C(=O)NCC(C)CC(=O)O)=C2. The number of hydrogen-bond acceptors (Lipinski definition) is 4. The molecule has 0 aromatic heterocycles. The van der Waals surface area contributed by atoms with Crippen LogP contribution < -0.4 is 14.8 Å². The van der Waals surface area contributed by atoms with Crippen LogP contribution >= 0.6 is 0 Å². The highest BCUT2D eigenvalue weighted by atomic mass is 16.5. The van der Waals surface area contributed by atoms with Crippen molar-refractivity contribution in [3.05, 3.63) is 29.3 Å². The molecule has 1 aliphatic heterocycles. The monoisotopic (exact) mass is 305 g/mol. The molecule has 0 spiro atoms. The zero-order valence-corrected chi connectivity index (χ0v) is 12.6. The predicted molar refractivity (Wildman–Crippen MR) is 80.9 cm³/mol. The van der Waals surface area contributed by atoms with Crippen molar-refractivity contribution in [2.45, 2.75) is 13.3 Å². The van der Waals surface area contributed by atoms with Gasteiger partial charge in [-0.3, -0.25) is 9.59 Å². The molecule has 1 heterocycles. The fourth-order valence-electron chi connectivity index (χ4n) is 2.22. The van der Waals surface area contributed by atoms with Gasteiger partial charge in [-0.15, -0.1) is 0 Å². The summed E-state index contributed by atoms with van der Waals surface area (Å²) in [6.07, 6.45) is 1.79. The van der Waals surface area contributed by atoms with Crippen LogP contribution in [0.4, 0.5) is 0 Å². The summed E-state index contributed by atoms with van der Waals surface area (Å²) < 4.78 is 10.8. The van der Waals surface area contributed by atoms with Gasteiger partial charge in [0.15, 0.2) is 11.5 Å². The van der Waals surface area contributed by atoms with Crippen LogP contribution in [0.5, 0.6) is 11.5 Å². The lowest BCUT2D eigenvalue weighted by Gasteiger charge is -2.20. The standard InChI is InChI=1S/C16H19NO5/c1-10(6-14(18)19)8-17-16(20)12-7-11-4-3-5-13(21-2)15(11)22-9-12/h3-5,7,10H,6,8-9H2,1-2H3,(H,17,20)(H,18,19). The number of methoxy groups -OCH3 is 1. The van der Waals surface area contributed by atoms with Crippen molar-refractivity contribution in [3.8, 4) is 11.5 Å². The van der Waals surface area contributed by atoms with E-state index in [2.05, 4.69) is 5.32 Å². The van der Waals surface area contributed by atoms with Crippen LogP contribution in [0.2, 0.25) is 0 Å². The quantitative estimate of drug-likeness (QED) is 0.835. The second-order valence-electron chi connectivity index (χ2n) is 5.25. The summed E-state index contributed by atoms with van der Waals surface area (Å²) in [5.41, 5.74) is 1.29. The van der Waals surface area contributed by atoms with E-state index < -0.39 is 5.97 Å². The molecule has 0 saturated heterocycles. The van der Waals surface area contributed by atoms with Crippen molar-refractivity contribution in [3.63, 3.8) is 0 Å². The van der Waals surface area contributed by atoms with E-state index in [1.54, 1.807) is 26.2 Å². The molecule has 0 bridgehead atoms. The topological polar surface area (TPSA) is 84.9 Å². The maximum atomic E-state index is 12.1. The summed E-state index contributed by atoms with van der Waals surface area (Å²) in [5, 5.41) is 11.4. The lowest BCUT2D eigenvalue weighted by molar-refractivity contribution is -0.138. The summed E-state index contributed by atoms with van der Waals surface area (Å²) in [6, 6.07) is 5.47. The van der Waals surface area contributed by atoms with Gasteiger partial charge in [-0.2, -0.15) is 0 Å². The first-order valence-corrected chi connectivity index (χ1v) is 7.01. The average Bonchev–Trinajstić information content (AvgIpc) is 2.50. The summed E-state index contributed by atoms with van der Waals surface area (Å²) >= 11 is 0. The first-order chi connectivity index (χ1) is 10.5. The number of nitrogens with one attached hydrogen (secondary N) is 1. The number of fused-ring (bicyclic) bond motifs is 1. The van der Waals surface area contributed by atoms with Crippen LogP contribution in [0, 0.1) is 5.92 Å². The summed E-state index contributed by atoms with van der Waals surface area (Å²) in [7, 11) is 1.56. The number of carbonyl (C=O) groups is 2. The van der Waals surface area contributed by atoms with Gasteiger partial charge in [0, 0.05) is 18.5 Å². The van der Waals surface area contributed by atoms with Crippen LogP contribution in [0.1, 0.15) is 18.9 Å². The molecule has 6 heteroatoms. The summed E-state index contributed by atoms with van der Waals surface area (Å²) in [4.78, 5) is 22.7. The van der Waals surface area contributed by atoms with E-state index in [0.717, 1.165) is 5.56 Å². The molecular weight excluding hydrogens is 286 g/mol. The van der Waals surface area contributed by atoms with Crippen LogP contribution in [0.3, 0.4) is 0 Å². The Morgan fingerprint density at radius 1 is 1.45 bits per heavy atom. The summed E-state index contributed by atoms with van der Waals surface area (Å²) in [6.45, 7) is 2.25. The number of carbonyl (C=O) groups excluding carboxylic acids is 1. The highest BCUT2D eigenvalue weighted by Crippen LogP contribution is 2.35. The molecule has 22 heavy (non-hydrogen) atoms. The molecule has 1 aliphatic rings. The van der Waals surface area contributed by atoms with E-state index in [1.165, 1.54) is 0 Å². The fraction of sp³-hybridized carbons (Fsp3) is 0.375. The zero-order chi connectivity index (χ0) is 16.1. The van der Waals surface area contributed by atoms with Crippen molar-refractivity contribution in [1.29, 1.82) is 0 Å². The number of ether oxygens (including phenoxy) is 2. The Hall–Kier alpha value is -2.50. The van der Waals surface area contributed by atoms with E-state index in [1.807, 2.05) is 12.1 Å². The Kier molecular flexibility index (Phi) is 5.04. The molecule has 0 fully saturated rings. The Morgan fingerprint density at radius 2 is 2.23 bits per heavy atom. The van der Waals surface area contributed by atoms with Crippen molar-refractivity contribution < 1.29 is 24.2 Å². The third-order valence-corrected chi connectivity index (χ3v) is 3.36. The Labute approximate surface area is 128 Å². The number of para-hydroxylation sites is 1. The molecule has 6 nitrogen and oxygen atoms in total. The van der Waals surface area contributed by atoms with Gasteiger partial charge >= 0.3 is 5.97 Å². The van der Waals surface area contributed by atoms with Gasteiger partial charge in [0.25, 0.3) is 5.91 Å². The first-order valence-electron chi connectivity index (χ1n) is 7.01. The molecule has 1 amide bonds. The van der Waals surface area contributed by atoms with Crippen LogP contribution in [0.15, 0.2) is 23.8 Å². The van der Waals surface area contributed by atoms with Crippen LogP contribution in [-0.4, -0.2) is 37.2 Å². The minimum absolute atomic E-state index is 0.0237. The number of hydrogen-bond donors (Lipinski definition) is 2. The molecule has 1 aromatic rings.